The molecule has 2 rings (SSSR count). The van der Waals surface area contributed by atoms with Gasteiger partial charge in [0.25, 0.3) is 5.91 Å². The predicted molar refractivity (Wildman–Crippen MR) is 112 cm³/mol. The highest BCUT2D eigenvalue weighted by molar-refractivity contribution is 14.1. The Morgan fingerprint density at radius 3 is 2.48 bits per heavy atom. The number of methoxy groups -OCH3 is 2. The van der Waals surface area contributed by atoms with Crippen LogP contribution in [0.4, 0.5) is 5.69 Å². The highest BCUT2D eigenvalue weighted by atomic mass is 127. The molecule has 0 aliphatic rings. The van der Waals surface area contributed by atoms with Crippen LogP contribution in [0, 0.1) is 14.9 Å². The van der Waals surface area contributed by atoms with Gasteiger partial charge in [0.15, 0.2) is 11.5 Å². The molecule has 27 heavy (non-hydrogen) atoms. The molecule has 2 aromatic rings. The van der Waals surface area contributed by atoms with Gasteiger partial charge < -0.3 is 19.5 Å². The molecule has 0 fully saturated rings. The number of anilines is 1. The van der Waals surface area contributed by atoms with Crippen LogP contribution in [0.5, 0.6) is 17.2 Å². The summed E-state index contributed by atoms with van der Waals surface area (Å²) < 4.78 is 16.8. The van der Waals surface area contributed by atoms with Crippen molar-refractivity contribution < 1.29 is 19.0 Å². The third kappa shape index (κ3) is 5.37. The molecule has 140 valence electrons. The first kappa shape index (κ1) is 20.6. The average molecular weight is 478 g/mol. The van der Waals surface area contributed by atoms with Gasteiger partial charge in [-0.15, -0.1) is 0 Å². The van der Waals surface area contributed by atoms with Crippen LogP contribution in [-0.2, 0) is 4.79 Å². The Labute approximate surface area is 171 Å². The van der Waals surface area contributed by atoms with Gasteiger partial charge in [0.2, 0.25) is 0 Å². The van der Waals surface area contributed by atoms with Crippen molar-refractivity contribution in [1.82, 2.24) is 0 Å². The Hall–Kier alpha value is -2.73. The molecule has 0 aliphatic carbocycles. The van der Waals surface area contributed by atoms with Crippen LogP contribution >= 0.6 is 22.6 Å². The van der Waals surface area contributed by atoms with Crippen LogP contribution in [0.25, 0.3) is 6.08 Å². The quantitative estimate of drug-likeness (QED) is 0.366. The molecule has 0 saturated carbocycles. The number of halogens is 1. The Morgan fingerprint density at radius 1 is 1.22 bits per heavy atom. The minimum absolute atomic E-state index is 0.0192. The zero-order valence-electron chi connectivity index (χ0n) is 15.2. The molecule has 0 radical (unpaired) electrons. The molecular formula is C20H19IN2O4. The van der Waals surface area contributed by atoms with Crippen molar-refractivity contribution in [3.8, 4) is 23.3 Å². The van der Waals surface area contributed by atoms with E-state index in [2.05, 4.69) is 27.9 Å². The molecule has 2 aromatic carbocycles. The van der Waals surface area contributed by atoms with Gasteiger partial charge in [-0.3, -0.25) is 4.79 Å². The number of hydrogen-bond donors (Lipinski definition) is 1. The van der Waals surface area contributed by atoms with Gasteiger partial charge in [0, 0.05) is 5.69 Å². The second-order valence-electron chi connectivity index (χ2n) is 5.32. The summed E-state index contributed by atoms with van der Waals surface area (Å²) in [5.74, 6) is 1.37. The van der Waals surface area contributed by atoms with E-state index in [1.54, 1.807) is 44.6 Å². The van der Waals surface area contributed by atoms with Gasteiger partial charge in [0.05, 0.1) is 24.4 Å². The van der Waals surface area contributed by atoms with Gasteiger partial charge in [-0.1, -0.05) is 0 Å². The van der Waals surface area contributed by atoms with E-state index in [0.29, 0.717) is 35.1 Å². The number of carbonyl (C=O) groups excluding carboxylic acids is 1. The molecule has 6 nitrogen and oxygen atoms in total. The monoisotopic (exact) mass is 478 g/mol. The number of nitrogens with zero attached hydrogens (tertiary/aromatic N) is 1. The van der Waals surface area contributed by atoms with E-state index in [9.17, 15) is 10.1 Å². The smallest absolute Gasteiger partial charge is 0.266 e. The normalized spacial score (nSPS) is 10.7. The van der Waals surface area contributed by atoms with E-state index in [0.717, 1.165) is 3.57 Å². The lowest BCUT2D eigenvalue weighted by Crippen LogP contribution is -2.13. The van der Waals surface area contributed by atoms with Crippen LogP contribution < -0.4 is 19.5 Å². The van der Waals surface area contributed by atoms with Crippen LogP contribution in [0.15, 0.2) is 42.0 Å². The van der Waals surface area contributed by atoms with Crippen LogP contribution in [-0.4, -0.2) is 26.7 Å². The largest absolute Gasteiger partial charge is 0.497 e. The second kappa shape index (κ2) is 9.83. The third-order valence-electron chi connectivity index (χ3n) is 3.56. The molecule has 0 bridgehead atoms. The Morgan fingerprint density at radius 2 is 1.93 bits per heavy atom. The third-order valence-corrected chi connectivity index (χ3v) is 4.36. The number of amides is 1. The Bertz CT molecular complexity index is 886. The van der Waals surface area contributed by atoms with Crippen molar-refractivity contribution in [2.45, 2.75) is 6.92 Å². The van der Waals surface area contributed by atoms with Gasteiger partial charge >= 0.3 is 0 Å². The number of rotatable bonds is 7. The maximum absolute atomic E-state index is 12.4. The van der Waals surface area contributed by atoms with Crippen LogP contribution in [0.2, 0.25) is 0 Å². The van der Waals surface area contributed by atoms with Gasteiger partial charge in [0.1, 0.15) is 17.4 Å². The van der Waals surface area contributed by atoms with E-state index in [1.165, 1.54) is 6.08 Å². The minimum atomic E-state index is -0.494. The number of hydrogen-bond acceptors (Lipinski definition) is 5. The SMILES string of the molecule is CCOc1cc(/C=C(/C#N)C(=O)Nc2ccc(OC)cc2)cc(I)c1OC. The van der Waals surface area contributed by atoms with E-state index in [-0.39, 0.29) is 5.57 Å². The summed E-state index contributed by atoms with van der Waals surface area (Å²) in [7, 11) is 3.13. The average Bonchev–Trinajstić information content (AvgIpc) is 2.66. The molecule has 0 atom stereocenters. The van der Waals surface area contributed by atoms with Crippen LogP contribution in [0.1, 0.15) is 12.5 Å². The van der Waals surface area contributed by atoms with Crippen molar-refractivity contribution in [2.24, 2.45) is 0 Å². The summed E-state index contributed by atoms with van der Waals surface area (Å²) in [4.78, 5) is 12.4. The molecule has 7 heteroatoms. The highest BCUT2D eigenvalue weighted by Gasteiger charge is 2.13. The second-order valence-corrected chi connectivity index (χ2v) is 6.48. The number of nitriles is 1. The maximum atomic E-state index is 12.4. The summed E-state index contributed by atoms with van der Waals surface area (Å²) in [6, 6.07) is 12.4. The number of ether oxygens (including phenoxy) is 3. The lowest BCUT2D eigenvalue weighted by Gasteiger charge is -2.12. The van der Waals surface area contributed by atoms with Crippen molar-refractivity contribution in [1.29, 1.82) is 5.26 Å². The summed E-state index contributed by atoms with van der Waals surface area (Å²) in [6.07, 6.45) is 1.52. The minimum Gasteiger partial charge on any atom is -0.497 e. The molecule has 1 amide bonds. The summed E-state index contributed by atoms with van der Waals surface area (Å²) in [5, 5.41) is 12.1. The van der Waals surface area contributed by atoms with Crippen LogP contribution in [0.3, 0.4) is 0 Å². The Balaban J connectivity index is 2.28. The lowest BCUT2D eigenvalue weighted by molar-refractivity contribution is -0.112. The first-order valence-corrected chi connectivity index (χ1v) is 9.17. The molecular weight excluding hydrogens is 459 g/mol. The lowest BCUT2D eigenvalue weighted by atomic mass is 10.1. The summed E-state index contributed by atoms with van der Waals surface area (Å²) in [5.41, 5.74) is 1.22. The van der Waals surface area contributed by atoms with Crippen molar-refractivity contribution in [2.75, 3.05) is 26.1 Å². The zero-order valence-corrected chi connectivity index (χ0v) is 17.4. The number of benzene rings is 2. The van der Waals surface area contributed by atoms with Crippen molar-refractivity contribution in [3.05, 3.63) is 51.1 Å². The fourth-order valence-electron chi connectivity index (χ4n) is 2.32. The fraction of sp³-hybridized carbons (Fsp3) is 0.200. The molecule has 0 aromatic heterocycles. The topological polar surface area (TPSA) is 80.6 Å². The molecule has 0 heterocycles. The molecule has 0 aliphatic heterocycles. The fourth-order valence-corrected chi connectivity index (χ4v) is 3.17. The maximum Gasteiger partial charge on any atom is 0.266 e. The number of carbonyl (C=O) groups is 1. The van der Waals surface area contributed by atoms with Crippen molar-refractivity contribution >= 4 is 40.3 Å². The van der Waals surface area contributed by atoms with E-state index < -0.39 is 5.91 Å². The van der Waals surface area contributed by atoms with Crippen molar-refractivity contribution in [3.63, 3.8) is 0 Å². The highest BCUT2D eigenvalue weighted by Crippen LogP contribution is 2.34. The number of nitrogens with one attached hydrogen (secondary N) is 1. The van der Waals surface area contributed by atoms with E-state index in [1.807, 2.05) is 19.1 Å². The van der Waals surface area contributed by atoms with Gasteiger partial charge in [-0.2, -0.15) is 5.26 Å². The van der Waals surface area contributed by atoms with Gasteiger partial charge in [-0.25, -0.2) is 0 Å². The first-order valence-electron chi connectivity index (χ1n) is 8.09. The summed E-state index contributed by atoms with van der Waals surface area (Å²) in [6.45, 7) is 2.35. The molecule has 0 unspecified atom stereocenters. The van der Waals surface area contributed by atoms with E-state index >= 15 is 0 Å². The molecule has 1 N–H and O–H groups in total. The molecule has 0 spiro atoms. The van der Waals surface area contributed by atoms with E-state index in [4.69, 9.17) is 14.2 Å². The predicted octanol–water partition coefficient (Wildman–Crippen LogP) is 4.25. The standard InChI is InChI=1S/C20H19IN2O4/c1-4-27-18-11-13(10-17(21)19(18)26-3)9-14(12-22)20(24)23-15-5-7-16(25-2)8-6-15/h5-11H,4H2,1-3H3,(H,23,24)/b14-9-. The molecule has 0 saturated heterocycles. The Kier molecular flexibility index (Phi) is 7.49. The summed E-state index contributed by atoms with van der Waals surface area (Å²) >= 11 is 2.12. The first-order chi connectivity index (χ1) is 13.0. The zero-order chi connectivity index (χ0) is 19.8. The van der Waals surface area contributed by atoms with Gasteiger partial charge in [-0.05, 0) is 77.6 Å².